The summed E-state index contributed by atoms with van der Waals surface area (Å²) in [6, 6.07) is 5.62. The SMILES string of the molecule is CC(=O)/C(C)=C(/C=C(\O)C(=O)O)Cc1ccc(F)cc1. The average molecular weight is 278 g/mol. The number of aliphatic hydroxyl groups excluding tert-OH is 1. The minimum absolute atomic E-state index is 0.225. The second-order valence-corrected chi connectivity index (χ2v) is 4.34. The molecule has 1 rings (SSSR count). The van der Waals surface area contributed by atoms with Crippen molar-refractivity contribution < 1.29 is 24.2 Å². The molecular formula is C15H15FO4. The summed E-state index contributed by atoms with van der Waals surface area (Å²) in [6.45, 7) is 2.90. The third-order valence-corrected chi connectivity index (χ3v) is 2.85. The summed E-state index contributed by atoms with van der Waals surface area (Å²) in [6.07, 6.45) is 1.27. The maximum absolute atomic E-state index is 12.8. The Balaban J connectivity index is 3.16. The fourth-order valence-electron chi connectivity index (χ4n) is 1.57. The van der Waals surface area contributed by atoms with Crippen LogP contribution in [-0.4, -0.2) is 22.0 Å². The fourth-order valence-corrected chi connectivity index (χ4v) is 1.57. The van der Waals surface area contributed by atoms with E-state index in [1.807, 2.05) is 0 Å². The number of carbonyl (C=O) groups is 2. The van der Waals surface area contributed by atoms with E-state index in [1.54, 1.807) is 6.92 Å². The number of carboxylic acid groups (broad SMARTS) is 1. The number of rotatable bonds is 5. The Morgan fingerprint density at radius 2 is 1.70 bits per heavy atom. The van der Waals surface area contributed by atoms with Crippen molar-refractivity contribution in [2.75, 3.05) is 0 Å². The molecule has 0 saturated heterocycles. The number of aliphatic hydroxyl groups is 1. The van der Waals surface area contributed by atoms with Gasteiger partial charge in [0.15, 0.2) is 5.78 Å². The standard InChI is InChI=1S/C15H15FO4/c1-9(10(2)17)12(8-14(18)15(19)20)7-11-3-5-13(16)6-4-11/h3-6,8,18H,7H2,1-2H3,(H,19,20)/b12-9+,14-8-. The Bertz CT molecular complexity index is 582. The maximum atomic E-state index is 12.8. The third kappa shape index (κ3) is 4.35. The van der Waals surface area contributed by atoms with Crippen LogP contribution in [0, 0.1) is 5.82 Å². The lowest BCUT2D eigenvalue weighted by atomic mass is 9.98. The second kappa shape index (κ2) is 6.65. The number of benzene rings is 1. The Hall–Kier alpha value is -2.43. The molecule has 0 saturated carbocycles. The van der Waals surface area contributed by atoms with Crippen LogP contribution in [0.3, 0.4) is 0 Å². The van der Waals surface area contributed by atoms with Gasteiger partial charge in [0.2, 0.25) is 5.76 Å². The Morgan fingerprint density at radius 1 is 1.15 bits per heavy atom. The molecule has 0 atom stereocenters. The fraction of sp³-hybridized carbons (Fsp3) is 0.200. The maximum Gasteiger partial charge on any atom is 0.370 e. The summed E-state index contributed by atoms with van der Waals surface area (Å²) in [7, 11) is 0. The van der Waals surface area contributed by atoms with Gasteiger partial charge in [-0.05, 0) is 55.2 Å². The molecule has 20 heavy (non-hydrogen) atoms. The van der Waals surface area contributed by atoms with E-state index in [4.69, 9.17) is 5.11 Å². The second-order valence-electron chi connectivity index (χ2n) is 4.34. The molecule has 0 amide bonds. The lowest BCUT2D eigenvalue weighted by Crippen LogP contribution is -2.04. The van der Waals surface area contributed by atoms with Crippen LogP contribution < -0.4 is 0 Å². The Kier molecular flexibility index (Phi) is 5.20. The van der Waals surface area contributed by atoms with Crippen LogP contribution >= 0.6 is 0 Å². The van der Waals surface area contributed by atoms with Gasteiger partial charge in [0.25, 0.3) is 0 Å². The number of ketones is 1. The summed E-state index contributed by atoms with van der Waals surface area (Å²) in [5.41, 5.74) is 1.43. The lowest BCUT2D eigenvalue weighted by molar-refractivity contribution is -0.135. The Labute approximate surface area is 115 Å². The number of halogens is 1. The van der Waals surface area contributed by atoms with Crippen LogP contribution in [0.1, 0.15) is 19.4 Å². The topological polar surface area (TPSA) is 74.6 Å². The summed E-state index contributed by atoms with van der Waals surface area (Å²) in [5.74, 6) is -2.93. The van der Waals surface area contributed by atoms with Crippen LogP contribution in [0.5, 0.6) is 0 Å². The molecule has 2 N–H and O–H groups in total. The molecule has 0 aliphatic carbocycles. The van der Waals surface area contributed by atoms with Gasteiger partial charge in [0.05, 0.1) is 0 Å². The first-order valence-corrected chi connectivity index (χ1v) is 5.90. The number of allylic oxidation sites excluding steroid dienone is 3. The Morgan fingerprint density at radius 3 is 2.15 bits per heavy atom. The van der Waals surface area contributed by atoms with Crippen LogP contribution in [0.2, 0.25) is 0 Å². The zero-order chi connectivity index (χ0) is 15.3. The molecule has 1 aromatic rings. The van der Waals surface area contributed by atoms with Crippen molar-refractivity contribution in [2.24, 2.45) is 0 Å². The first-order chi connectivity index (χ1) is 9.31. The predicted molar refractivity (Wildman–Crippen MR) is 71.8 cm³/mol. The highest BCUT2D eigenvalue weighted by Gasteiger charge is 2.11. The molecule has 1 aromatic carbocycles. The third-order valence-electron chi connectivity index (χ3n) is 2.85. The van der Waals surface area contributed by atoms with Crippen LogP contribution in [0.25, 0.3) is 0 Å². The van der Waals surface area contributed by atoms with Crippen molar-refractivity contribution in [3.8, 4) is 0 Å². The van der Waals surface area contributed by atoms with Crippen molar-refractivity contribution in [2.45, 2.75) is 20.3 Å². The first-order valence-electron chi connectivity index (χ1n) is 5.90. The van der Waals surface area contributed by atoms with E-state index in [0.29, 0.717) is 16.7 Å². The molecule has 5 heteroatoms. The first kappa shape index (κ1) is 15.6. The monoisotopic (exact) mass is 278 g/mol. The van der Waals surface area contributed by atoms with Crippen molar-refractivity contribution in [3.63, 3.8) is 0 Å². The van der Waals surface area contributed by atoms with E-state index in [0.717, 1.165) is 6.08 Å². The molecule has 0 fully saturated rings. The van der Waals surface area contributed by atoms with Gasteiger partial charge in [0.1, 0.15) is 5.82 Å². The highest BCUT2D eigenvalue weighted by molar-refractivity contribution is 5.94. The van der Waals surface area contributed by atoms with E-state index in [-0.39, 0.29) is 18.0 Å². The molecule has 4 nitrogen and oxygen atoms in total. The molecule has 0 heterocycles. The van der Waals surface area contributed by atoms with Gasteiger partial charge >= 0.3 is 5.97 Å². The molecule has 106 valence electrons. The summed E-state index contributed by atoms with van der Waals surface area (Å²) < 4.78 is 12.8. The quantitative estimate of drug-likeness (QED) is 0.493. The van der Waals surface area contributed by atoms with Gasteiger partial charge in [-0.3, -0.25) is 4.79 Å². The minimum atomic E-state index is -1.47. The zero-order valence-electron chi connectivity index (χ0n) is 11.2. The molecule has 0 aliphatic rings. The highest BCUT2D eigenvalue weighted by Crippen LogP contribution is 2.16. The molecule has 0 bridgehead atoms. The number of hydrogen-bond acceptors (Lipinski definition) is 3. The molecule has 0 radical (unpaired) electrons. The van der Waals surface area contributed by atoms with Crippen LogP contribution in [-0.2, 0) is 16.0 Å². The van der Waals surface area contributed by atoms with E-state index in [9.17, 15) is 19.1 Å². The minimum Gasteiger partial charge on any atom is -0.502 e. The van der Waals surface area contributed by atoms with Gasteiger partial charge in [-0.15, -0.1) is 0 Å². The summed E-state index contributed by atoms with van der Waals surface area (Å²) in [4.78, 5) is 22.1. The van der Waals surface area contributed by atoms with E-state index < -0.39 is 11.7 Å². The zero-order valence-corrected chi connectivity index (χ0v) is 11.2. The van der Waals surface area contributed by atoms with E-state index in [1.165, 1.54) is 31.2 Å². The molecule has 0 spiro atoms. The molecule has 0 aromatic heterocycles. The van der Waals surface area contributed by atoms with Crippen molar-refractivity contribution in [1.82, 2.24) is 0 Å². The largest absolute Gasteiger partial charge is 0.502 e. The number of aliphatic carboxylic acids is 1. The highest BCUT2D eigenvalue weighted by atomic mass is 19.1. The van der Waals surface area contributed by atoms with Gasteiger partial charge in [-0.25, -0.2) is 9.18 Å². The summed E-state index contributed by atoms with van der Waals surface area (Å²) in [5, 5.41) is 18.0. The number of carboxylic acids is 1. The van der Waals surface area contributed by atoms with E-state index >= 15 is 0 Å². The van der Waals surface area contributed by atoms with Gasteiger partial charge in [-0.2, -0.15) is 0 Å². The van der Waals surface area contributed by atoms with Gasteiger partial charge in [0, 0.05) is 0 Å². The van der Waals surface area contributed by atoms with E-state index in [2.05, 4.69) is 0 Å². The van der Waals surface area contributed by atoms with Gasteiger partial charge in [-0.1, -0.05) is 12.1 Å². The normalized spacial score (nSPS) is 12.8. The van der Waals surface area contributed by atoms with Crippen LogP contribution in [0.15, 0.2) is 47.2 Å². The van der Waals surface area contributed by atoms with Crippen molar-refractivity contribution in [1.29, 1.82) is 0 Å². The van der Waals surface area contributed by atoms with Crippen LogP contribution in [0.4, 0.5) is 4.39 Å². The molecule has 0 unspecified atom stereocenters. The average Bonchev–Trinajstić information content (AvgIpc) is 2.39. The van der Waals surface area contributed by atoms with Crippen molar-refractivity contribution in [3.05, 3.63) is 58.6 Å². The number of hydrogen-bond donors (Lipinski definition) is 2. The predicted octanol–water partition coefficient (Wildman–Crippen LogP) is 2.80. The van der Waals surface area contributed by atoms with Crippen molar-refractivity contribution >= 4 is 11.8 Å². The van der Waals surface area contributed by atoms with Gasteiger partial charge < -0.3 is 10.2 Å². The molecule has 0 aliphatic heterocycles. The smallest absolute Gasteiger partial charge is 0.370 e. The number of Topliss-reactive ketones (excluding diaryl/α,β-unsaturated/α-hetero) is 1. The number of carbonyl (C=O) groups excluding carboxylic acids is 1. The molecular weight excluding hydrogens is 263 g/mol. The lowest BCUT2D eigenvalue weighted by Gasteiger charge is -2.07. The summed E-state index contributed by atoms with van der Waals surface area (Å²) >= 11 is 0.